The number of ether oxygens (including phenoxy) is 1. The highest BCUT2D eigenvalue weighted by atomic mass is 35.5. The number of hydrogen-bond donors (Lipinski definition) is 0. The molecule has 2 rings (SSSR count). The van der Waals surface area contributed by atoms with Gasteiger partial charge in [0.15, 0.2) is 0 Å². The summed E-state index contributed by atoms with van der Waals surface area (Å²) >= 11 is 6.91. The summed E-state index contributed by atoms with van der Waals surface area (Å²) in [6, 6.07) is 0. The van der Waals surface area contributed by atoms with Crippen molar-refractivity contribution in [1.29, 1.82) is 0 Å². The molecule has 0 unspecified atom stereocenters. The molecule has 0 bridgehead atoms. The lowest BCUT2D eigenvalue weighted by Gasteiger charge is -2.14. The van der Waals surface area contributed by atoms with Crippen LogP contribution in [0.1, 0.15) is 38.5 Å². The van der Waals surface area contributed by atoms with Gasteiger partial charge in [-0.25, -0.2) is 0 Å². The molecule has 0 spiro atoms. The van der Waals surface area contributed by atoms with Crippen molar-refractivity contribution in [3.05, 3.63) is 5.15 Å². The molecule has 0 aliphatic heterocycles. The van der Waals surface area contributed by atoms with E-state index in [-0.39, 0.29) is 0 Å². The van der Waals surface area contributed by atoms with Crippen molar-refractivity contribution in [2.75, 3.05) is 0 Å². The Morgan fingerprint density at radius 3 is 2.43 bits per heavy atom. The molecule has 0 atom stereocenters. The van der Waals surface area contributed by atoms with E-state index in [4.69, 9.17) is 16.3 Å². The third-order valence-electron chi connectivity index (χ3n) is 2.50. The van der Waals surface area contributed by atoms with Crippen molar-refractivity contribution in [3.63, 3.8) is 0 Å². The van der Waals surface area contributed by atoms with Crippen LogP contribution < -0.4 is 4.74 Å². The largest absolute Gasteiger partial charge is 0.472 e. The zero-order chi connectivity index (χ0) is 9.80. The van der Waals surface area contributed by atoms with E-state index < -0.39 is 0 Å². The maximum Gasteiger partial charge on any atom is 0.265 e. The second-order valence-electron chi connectivity index (χ2n) is 3.59. The molecule has 14 heavy (non-hydrogen) atoms. The molecule has 0 saturated heterocycles. The van der Waals surface area contributed by atoms with Gasteiger partial charge >= 0.3 is 0 Å². The number of nitrogens with zero attached hydrogens (tertiary/aromatic N) is 2. The van der Waals surface area contributed by atoms with Crippen molar-refractivity contribution >= 4 is 23.3 Å². The summed E-state index contributed by atoms with van der Waals surface area (Å²) in [7, 11) is 0. The first kappa shape index (κ1) is 10.2. The van der Waals surface area contributed by atoms with Crippen molar-refractivity contribution < 1.29 is 4.74 Å². The van der Waals surface area contributed by atoms with E-state index in [0.717, 1.165) is 24.6 Å². The van der Waals surface area contributed by atoms with Gasteiger partial charge < -0.3 is 4.74 Å². The third kappa shape index (κ3) is 2.58. The monoisotopic (exact) mass is 232 g/mol. The van der Waals surface area contributed by atoms with Crippen molar-refractivity contribution in [3.8, 4) is 5.88 Å². The Morgan fingerprint density at radius 1 is 1.14 bits per heavy atom. The quantitative estimate of drug-likeness (QED) is 0.734. The van der Waals surface area contributed by atoms with Crippen LogP contribution in [0.2, 0.25) is 5.15 Å². The molecule has 1 aromatic rings. The summed E-state index contributed by atoms with van der Waals surface area (Å²) in [5, 5.41) is 0.402. The molecule has 0 N–H and O–H groups in total. The zero-order valence-electron chi connectivity index (χ0n) is 7.91. The van der Waals surface area contributed by atoms with Gasteiger partial charge in [0.1, 0.15) is 6.10 Å². The van der Waals surface area contributed by atoms with Gasteiger partial charge in [-0.3, -0.25) is 0 Å². The smallest absolute Gasteiger partial charge is 0.265 e. The minimum absolute atomic E-state index is 0.291. The maximum atomic E-state index is 5.81. The van der Waals surface area contributed by atoms with Crippen LogP contribution in [0.25, 0.3) is 0 Å². The Hall–Kier alpha value is -0.350. The van der Waals surface area contributed by atoms with E-state index in [1.54, 1.807) is 0 Å². The SMILES string of the molecule is Clc1nsnc1OC1CCCCCC1. The number of aromatic nitrogens is 2. The number of rotatable bonds is 2. The van der Waals surface area contributed by atoms with Crippen LogP contribution in [0.3, 0.4) is 0 Å². The van der Waals surface area contributed by atoms with Gasteiger partial charge in [0.25, 0.3) is 5.88 Å². The summed E-state index contributed by atoms with van der Waals surface area (Å²) in [6.07, 6.45) is 7.67. The van der Waals surface area contributed by atoms with Gasteiger partial charge in [-0.15, -0.1) is 4.37 Å². The van der Waals surface area contributed by atoms with Crippen LogP contribution in [-0.4, -0.2) is 14.9 Å². The van der Waals surface area contributed by atoms with E-state index in [1.165, 1.54) is 25.7 Å². The lowest BCUT2D eigenvalue weighted by atomic mass is 10.1. The van der Waals surface area contributed by atoms with Crippen molar-refractivity contribution in [2.45, 2.75) is 44.6 Å². The van der Waals surface area contributed by atoms with E-state index >= 15 is 0 Å². The summed E-state index contributed by atoms with van der Waals surface area (Å²) in [5.74, 6) is 0.517. The van der Waals surface area contributed by atoms with E-state index in [2.05, 4.69) is 8.75 Å². The third-order valence-corrected chi connectivity index (χ3v) is 3.36. The summed E-state index contributed by atoms with van der Waals surface area (Å²) in [5.41, 5.74) is 0. The fourth-order valence-electron chi connectivity index (χ4n) is 1.76. The summed E-state index contributed by atoms with van der Waals surface area (Å²) < 4.78 is 13.6. The second-order valence-corrected chi connectivity index (χ2v) is 4.48. The van der Waals surface area contributed by atoms with Gasteiger partial charge in [0.05, 0.1) is 11.7 Å². The fraction of sp³-hybridized carbons (Fsp3) is 0.778. The molecule has 1 heterocycles. The molecule has 1 aliphatic rings. The molecule has 1 saturated carbocycles. The minimum atomic E-state index is 0.291. The second kappa shape index (κ2) is 4.94. The van der Waals surface area contributed by atoms with Crippen LogP contribution in [0.15, 0.2) is 0 Å². The average Bonchev–Trinajstić information content (AvgIpc) is 2.44. The van der Waals surface area contributed by atoms with Crippen LogP contribution >= 0.6 is 23.3 Å². The Labute approximate surface area is 92.8 Å². The van der Waals surface area contributed by atoms with Crippen LogP contribution in [-0.2, 0) is 0 Å². The molecule has 0 radical (unpaired) electrons. The molecule has 78 valence electrons. The van der Waals surface area contributed by atoms with Crippen molar-refractivity contribution in [2.24, 2.45) is 0 Å². The number of halogens is 1. The first-order valence-electron chi connectivity index (χ1n) is 5.01. The molecular formula is C9H13ClN2OS. The molecule has 5 heteroatoms. The normalized spacial score (nSPS) is 19.2. The van der Waals surface area contributed by atoms with E-state index in [1.807, 2.05) is 0 Å². The van der Waals surface area contributed by atoms with Crippen LogP contribution in [0, 0.1) is 0 Å². The fourth-order valence-corrected chi connectivity index (χ4v) is 2.38. The first-order valence-corrected chi connectivity index (χ1v) is 6.12. The van der Waals surface area contributed by atoms with E-state index in [9.17, 15) is 0 Å². The first-order chi connectivity index (χ1) is 6.86. The Bertz CT molecular complexity index is 284. The molecule has 1 aliphatic carbocycles. The van der Waals surface area contributed by atoms with Gasteiger partial charge in [-0.05, 0) is 25.7 Å². The highest BCUT2D eigenvalue weighted by molar-refractivity contribution is 6.99. The predicted octanol–water partition coefficient (Wildman–Crippen LogP) is 3.29. The molecular weight excluding hydrogens is 220 g/mol. The Kier molecular flexibility index (Phi) is 3.59. The molecule has 1 aromatic heterocycles. The Balaban J connectivity index is 1.92. The molecule has 0 amide bonds. The van der Waals surface area contributed by atoms with Gasteiger partial charge in [-0.2, -0.15) is 4.37 Å². The van der Waals surface area contributed by atoms with Crippen molar-refractivity contribution in [1.82, 2.24) is 8.75 Å². The molecule has 0 aromatic carbocycles. The average molecular weight is 233 g/mol. The van der Waals surface area contributed by atoms with Gasteiger partial charge in [0, 0.05) is 0 Å². The van der Waals surface area contributed by atoms with Crippen LogP contribution in [0.5, 0.6) is 5.88 Å². The lowest BCUT2D eigenvalue weighted by Crippen LogP contribution is -2.15. The number of hydrogen-bond acceptors (Lipinski definition) is 4. The highest BCUT2D eigenvalue weighted by Crippen LogP contribution is 2.26. The maximum absolute atomic E-state index is 5.81. The predicted molar refractivity (Wildman–Crippen MR) is 57.0 cm³/mol. The topological polar surface area (TPSA) is 35.0 Å². The Morgan fingerprint density at radius 2 is 1.86 bits per heavy atom. The highest BCUT2D eigenvalue weighted by Gasteiger charge is 2.16. The van der Waals surface area contributed by atoms with Gasteiger partial charge in [-0.1, -0.05) is 24.4 Å². The summed E-state index contributed by atoms with van der Waals surface area (Å²) in [4.78, 5) is 0. The van der Waals surface area contributed by atoms with Crippen LogP contribution in [0.4, 0.5) is 0 Å². The lowest BCUT2D eigenvalue weighted by molar-refractivity contribution is 0.178. The molecule has 3 nitrogen and oxygen atoms in total. The summed E-state index contributed by atoms with van der Waals surface area (Å²) in [6.45, 7) is 0. The van der Waals surface area contributed by atoms with E-state index in [0.29, 0.717) is 17.1 Å². The molecule has 1 fully saturated rings. The standard InChI is InChI=1S/C9H13ClN2OS/c10-8-9(12-14-11-8)13-7-5-3-1-2-4-6-7/h7H,1-6H2. The zero-order valence-corrected chi connectivity index (χ0v) is 9.48. The minimum Gasteiger partial charge on any atom is -0.472 e. The van der Waals surface area contributed by atoms with Gasteiger partial charge in [0.2, 0.25) is 5.15 Å².